The Morgan fingerprint density at radius 2 is 1.76 bits per heavy atom. The third kappa shape index (κ3) is 4.89. The summed E-state index contributed by atoms with van der Waals surface area (Å²) in [5.74, 6) is 0. The first-order valence-electron chi connectivity index (χ1n) is 8.72. The number of para-hydroxylation sites is 1. The summed E-state index contributed by atoms with van der Waals surface area (Å²) in [6.07, 6.45) is 1.84. The van der Waals surface area contributed by atoms with E-state index in [9.17, 15) is 4.79 Å². The van der Waals surface area contributed by atoms with E-state index in [1.54, 1.807) is 0 Å². The van der Waals surface area contributed by atoms with Crippen LogP contribution in [0.5, 0.6) is 0 Å². The van der Waals surface area contributed by atoms with Gasteiger partial charge in [0, 0.05) is 37.1 Å². The minimum absolute atomic E-state index is 0.410. The Hall–Kier alpha value is -2.69. The van der Waals surface area contributed by atoms with Crippen molar-refractivity contribution in [2.75, 3.05) is 30.4 Å². The molecule has 0 radical (unpaired) electrons. The molecule has 2 aromatic rings. The van der Waals surface area contributed by atoms with Gasteiger partial charge in [0.1, 0.15) is 0 Å². The fourth-order valence-corrected chi connectivity index (χ4v) is 3.12. The quantitative estimate of drug-likeness (QED) is 0.873. The molecule has 3 rings (SSSR count). The first kappa shape index (κ1) is 17.1. The van der Waals surface area contributed by atoms with Crippen LogP contribution in [0.1, 0.15) is 18.4 Å². The van der Waals surface area contributed by atoms with Gasteiger partial charge in [0.15, 0.2) is 0 Å². The van der Waals surface area contributed by atoms with Gasteiger partial charge in [-0.05, 0) is 42.7 Å². The number of methoxy groups -OCH3 is 1. The number of piperidine rings is 1. The van der Waals surface area contributed by atoms with Crippen LogP contribution in [0.3, 0.4) is 0 Å². The van der Waals surface area contributed by atoms with Crippen LogP contribution in [-0.4, -0.2) is 32.3 Å². The van der Waals surface area contributed by atoms with Gasteiger partial charge >= 0.3 is 6.09 Å². The van der Waals surface area contributed by atoms with E-state index in [2.05, 4.69) is 62.7 Å². The average Bonchev–Trinajstić information content (AvgIpc) is 2.68. The molecule has 1 heterocycles. The maximum absolute atomic E-state index is 11.1. The smallest absolute Gasteiger partial charge is 0.407 e. The minimum Gasteiger partial charge on any atom is -0.453 e. The molecule has 0 saturated carbocycles. The highest BCUT2D eigenvalue weighted by molar-refractivity contribution is 5.66. The lowest BCUT2D eigenvalue weighted by Crippen LogP contribution is -2.39. The van der Waals surface area contributed by atoms with Crippen LogP contribution in [0.25, 0.3) is 0 Å². The summed E-state index contributed by atoms with van der Waals surface area (Å²) in [7, 11) is 1.37. The van der Waals surface area contributed by atoms with Crippen LogP contribution in [0.15, 0.2) is 54.6 Å². The molecule has 2 N–H and O–H groups in total. The van der Waals surface area contributed by atoms with E-state index >= 15 is 0 Å². The zero-order valence-electron chi connectivity index (χ0n) is 14.6. The number of rotatable bonds is 5. The maximum Gasteiger partial charge on any atom is 0.407 e. The number of nitrogens with zero attached hydrogens (tertiary/aromatic N) is 1. The molecular weight excluding hydrogens is 314 g/mol. The molecule has 0 bridgehead atoms. The highest BCUT2D eigenvalue weighted by Gasteiger charge is 2.19. The predicted octanol–water partition coefficient (Wildman–Crippen LogP) is 3.62. The molecule has 0 unspecified atom stereocenters. The van der Waals surface area contributed by atoms with Crippen molar-refractivity contribution in [2.45, 2.75) is 25.4 Å². The second kappa shape index (κ2) is 8.42. The van der Waals surface area contributed by atoms with Crippen LogP contribution in [0, 0.1) is 0 Å². The number of hydrogen-bond donors (Lipinski definition) is 2. The number of nitrogens with one attached hydrogen (secondary N) is 2. The van der Waals surface area contributed by atoms with E-state index in [1.165, 1.54) is 12.8 Å². The molecule has 132 valence electrons. The molecule has 1 amide bonds. The number of anilines is 2. The van der Waals surface area contributed by atoms with Gasteiger partial charge in [-0.15, -0.1) is 0 Å². The lowest BCUT2D eigenvalue weighted by molar-refractivity contribution is 0.170. The Morgan fingerprint density at radius 1 is 1.08 bits per heavy atom. The SMILES string of the molecule is COC(=O)NCc1ccc(NC2CCN(c3ccccc3)CC2)cc1. The van der Waals surface area contributed by atoms with Crippen LogP contribution >= 0.6 is 0 Å². The Labute approximate surface area is 149 Å². The van der Waals surface area contributed by atoms with Crippen LogP contribution < -0.4 is 15.5 Å². The van der Waals surface area contributed by atoms with Gasteiger partial charge < -0.3 is 20.3 Å². The number of benzene rings is 2. The Kier molecular flexibility index (Phi) is 5.77. The summed E-state index contributed by atoms with van der Waals surface area (Å²) in [4.78, 5) is 13.5. The zero-order chi connectivity index (χ0) is 17.5. The summed E-state index contributed by atoms with van der Waals surface area (Å²) in [5.41, 5.74) is 3.48. The molecule has 1 saturated heterocycles. The van der Waals surface area contributed by atoms with E-state index in [0.29, 0.717) is 12.6 Å². The molecule has 5 heteroatoms. The number of ether oxygens (including phenoxy) is 1. The molecule has 1 fully saturated rings. The van der Waals surface area contributed by atoms with Crippen molar-refractivity contribution in [1.29, 1.82) is 0 Å². The van der Waals surface area contributed by atoms with E-state index in [-0.39, 0.29) is 0 Å². The van der Waals surface area contributed by atoms with Crippen LogP contribution in [-0.2, 0) is 11.3 Å². The van der Waals surface area contributed by atoms with E-state index in [1.807, 2.05) is 12.1 Å². The van der Waals surface area contributed by atoms with Gasteiger partial charge in [-0.1, -0.05) is 30.3 Å². The number of hydrogen-bond acceptors (Lipinski definition) is 4. The average molecular weight is 339 g/mol. The predicted molar refractivity (Wildman–Crippen MR) is 101 cm³/mol. The Bertz CT molecular complexity index is 665. The van der Waals surface area contributed by atoms with Crippen LogP contribution in [0.2, 0.25) is 0 Å². The second-order valence-electron chi connectivity index (χ2n) is 6.28. The fraction of sp³-hybridized carbons (Fsp3) is 0.350. The summed E-state index contributed by atoms with van der Waals surface area (Å²) in [6, 6.07) is 19.3. The summed E-state index contributed by atoms with van der Waals surface area (Å²) in [5, 5.41) is 6.30. The maximum atomic E-state index is 11.1. The molecule has 25 heavy (non-hydrogen) atoms. The Morgan fingerprint density at radius 3 is 2.40 bits per heavy atom. The monoisotopic (exact) mass is 339 g/mol. The van der Waals surface area contributed by atoms with Gasteiger partial charge in [0.2, 0.25) is 0 Å². The van der Waals surface area contributed by atoms with Gasteiger partial charge in [0.05, 0.1) is 7.11 Å². The largest absolute Gasteiger partial charge is 0.453 e. The van der Waals surface area contributed by atoms with E-state index < -0.39 is 6.09 Å². The molecule has 1 aliphatic heterocycles. The molecular formula is C20H25N3O2. The lowest BCUT2D eigenvalue weighted by Gasteiger charge is -2.34. The lowest BCUT2D eigenvalue weighted by atomic mass is 10.0. The highest BCUT2D eigenvalue weighted by Crippen LogP contribution is 2.22. The second-order valence-corrected chi connectivity index (χ2v) is 6.28. The topological polar surface area (TPSA) is 53.6 Å². The number of carbonyl (C=O) groups excluding carboxylic acids is 1. The standard InChI is InChI=1S/C20H25N3O2/c1-25-20(24)21-15-16-7-9-17(10-8-16)22-18-11-13-23(14-12-18)19-5-3-2-4-6-19/h2-10,18,22H,11-15H2,1H3,(H,21,24). The molecule has 0 aliphatic carbocycles. The van der Waals surface area contributed by atoms with Crippen molar-refractivity contribution in [3.63, 3.8) is 0 Å². The highest BCUT2D eigenvalue weighted by atomic mass is 16.5. The number of amides is 1. The molecule has 0 atom stereocenters. The van der Waals surface area contributed by atoms with Crippen molar-refractivity contribution >= 4 is 17.5 Å². The van der Waals surface area contributed by atoms with Gasteiger partial charge in [0.25, 0.3) is 0 Å². The molecule has 0 spiro atoms. The van der Waals surface area contributed by atoms with Crippen molar-refractivity contribution in [2.24, 2.45) is 0 Å². The first-order valence-corrected chi connectivity index (χ1v) is 8.72. The normalized spacial score (nSPS) is 14.8. The van der Waals surface area contributed by atoms with Gasteiger partial charge in [-0.2, -0.15) is 0 Å². The van der Waals surface area contributed by atoms with Gasteiger partial charge in [-0.3, -0.25) is 0 Å². The zero-order valence-corrected chi connectivity index (χ0v) is 14.6. The first-order chi connectivity index (χ1) is 12.2. The number of carbonyl (C=O) groups is 1. The van der Waals surface area contributed by atoms with E-state index in [0.717, 1.165) is 37.2 Å². The fourth-order valence-electron chi connectivity index (χ4n) is 3.12. The molecule has 2 aromatic carbocycles. The van der Waals surface area contributed by atoms with E-state index in [4.69, 9.17) is 0 Å². The van der Waals surface area contributed by atoms with Crippen molar-refractivity contribution in [3.05, 3.63) is 60.2 Å². The third-order valence-corrected chi connectivity index (χ3v) is 4.56. The molecule has 1 aliphatic rings. The summed E-state index contributed by atoms with van der Waals surface area (Å²) < 4.78 is 4.57. The third-order valence-electron chi connectivity index (χ3n) is 4.56. The molecule has 0 aromatic heterocycles. The number of alkyl carbamates (subject to hydrolysis) is 1. The summed E-state index contributed by atoms with van der Waals surface area (Å²) in [6.45, 7) is 2.62. The van der Waals surface area contributed by atoms with Crippen LogP contribution in [0.4, 0.5) is 16.2 Å². The van der Waals surface area contributed by atoms with Crippen molar-refractivity contribution in [1.82, 2.24) is 5.32 Å². The van der Waals surface area contributed by atoms with Gasteiger partial charge in [-0.25, -0.2) is 4.79 Å². The molecule has 5 nitrogen and oxygen atoms in total. The minimum atomic E-state index is -0.410. The Balaban J connectivity index is 1.46. The van der Waals surface area contributed by atoms with Crippen molar-refractivity contribution in [3.8, 4) is 0 Å². The summed E-state index contributed by atoms with van der Waals surface area (Å²) >= 11 is 0. The van der Waals surface area contributed by atoms with Crippen molar-refractivity contribution < 1.29 is 9.53 Å².